The molecule has 0 bridgehead atoms. The minimum atomic E-state index is -0.945. The molecule has 2 heterocycles. The molecule has 0 spiro atoms. The summed E-state index contributed by atoms with van der Waals surface area (Å²) in [7, 11) is 0. The van der Waals surface area contributed by atoms with E-state index in [9.17, 15) is 9.59 Å². The SMILES string of the molecule is O=C(O)c1ccc(-c2ccc(OCCOc3ccc4occ(CCNC(=O)c5ccco5)c4c3)cc2)cc1. The Balaban J connectivity index is 1.10. The zero-order valence-corrected chi connectivity index (χ0v) is 20.4. The fourth-order valence-electron chi connectivity index (χ4n) is 4.02. The number of rotatable bonds is 11. The highest BCUT2D eigenvalue weighted by Crippen LogP contribution is 2.27. The quantitative estimate of drug-likeness (QED) is 0.215. The number of hydrogen-bond donors (Lipinski definition) is 2. The van der Waals surface area contributed by atoms with E-state index < -0.39 is 5.97 Å². The number of carboxylic acids is 1. The highest BCUT2D eigenvalue weighted by molar-refractivity contribution is 5.91. The van der Waals surface area contributed by atoms with Crippen LogP contribution >= 0.6 is 0 Å². The number of aromatic carboxylic acids is 1. The summed E-state index contributed by atoms with van der Waals surface area (Å²) in [6.07, 6.45) is 3.76. The third-order valence-electron chi connectivity index (χ3n) is 5.99. The molecule has 8 heteroatoms. The first-order chi connectivity index (χ1) is 18.6. The van der Waals surface area contributed by atoms with Gasteiger partial charge in [0.05, 0.1) is 18.1 Å². The molecule has 8 nitrogen and oxygen atoms in total. The van der Waals surface area contributed by atoms with Crippen molar-refractivity contribution >= 4 is 22.8 Å². The fourth-order valence-corrected chi connectivity index (χ4v) is 4.02. The van der Waals surface area contributed by atoms with Crippen molar-refractivity contribution in [1.82, 2.24) is 5.32 Å². The number of carboxylic acid groups (broad SMARTS) is 1. The van der Waals surface area contributed by atoms with Crippen molar-refractivity contribution in [2.75, 3.05) is 19.8 Å². The van der Waals surface area contributed by atoms with E-state index >= 15 is 0 Å². The van der Waals surface area contributed by atoms with Gasteiger partial charge in [-0.05, 0) is 72.1 Å². The third-order valence-corrected chi connectivity index (χ3v) is 5.99. The summed E-state index contributed by atoms with van der Waals surface area (Å²) in [4.78, 5) is 23.1. The first kappa shape index (κ1) is 24.7. The van der Waals surface area contributed by atoms with E-state index in [2.05, 4.69) is 5.32 Å². The van der Waals surface area contributed by atoms with Crippen LogP contribution < -0.4 is 14.8 Å². The monoisotopic (exact) mass is 511 g/mol. The van der Waals surface area contributed by atoms with Crippen LogP contribution in [0.25, 0.3) is 22.1 Å². The summed E-state index contributed by atoms with van der Waals surface area (Å²) in [5.74, 6) is 0.492. The number of furan rings is 2. The number of carbonyl (C=O) groups is 2. The molecule has 0 aliphatic rings. The van der Waals surface area contributed by atoms with Crippen LogP contribution in [0.1, 0.15) is 26.5 Å². The van der Waals surface area contributed by atoms with Gasteiger partial charge in [0.1, 0.15) is 30.3 Å². The van der Waals surface area contributed by atoms with E-state index in [0.717, 1.165) is 27.7 Å². The molecule has 0 aliphatic carbocycles. The van der Waals surface area contributed by atoms with Gasteiger partial charge in [-0.3, -0.25) is 4.79 Å². The number of ether oxygens (including phenoxy) is 2. The molecule has 2 aromatic heterocycles. The van der Waals surface area contributed by atoms with Gasteiger partial charge in [-0.15, -0.1) is 0 Å². The van der Waals surface area contributed by atoms with Crippen LogP contribution in [-0.2, 0) is 6.42 Å². The molecule has 3 aromatic carbocycles. The predicted molar refractivity (Wildman–Crippen MR) is 141 cm³/mol. The lowest BCUT2D eigenvalue weighted by atomic mass is 10.0. The summed E-state index contributed by atoms with van der Waals surface area (Å²) < 4.78 is 22.4. The van der Waals surface area contributed by atoms with E-state index in [1.54, 1.807) is 42.7 Å². The first-order valence-corrected chi connectivity index (χ1v) is 12.1. The second-order valence-corrected chi connectivity index (χ2v) is 8.51. The molecular formula is C30H25NO7. The Hall–Kier alpha value is -4.98. The van der Waals surface area contributed by atoms with Gasteiger partial charge in [-0.1, -0.05) is 24.3 Å². The average Bonchev–Trinajstić information content (AvgIpc) is 3.62. The van der Waals surface area contributed by atoms with Crippen LogP contribution in [0, 0.1) is 0 Å². The summed E-state index contributed by atoms with van der Waals surface area (Å²) >= 11 is 0. The molecule has 0 atom stereocenters. The summed E-state index contributed by atoms with van der Waals surface area (Å²) in [5.41, 5.74) is 3.87. The summed E-state index contributed by atoms with van der Waals surface area (Å²) in [6, 6.07) is 23.3. The molecule has 0 unspecified atom stereocenters. The van der Waals surface area contributed by atoms with Crippen molar-refractivity contribution < 1.29 is 33.0 Å². The van der Waals surface area contributed by atoms with Crippen LogP contribution in [0.15, 0.2) is 100 Å². The smallest absolute Gasteiger partial charge is 0.335 e. The fraction of sp³-hybridized carbons (Fsp3) is 0.133. The largest absolute Gasteiger partial charge is 0.490 e. The van der Waals surface area contributed by atoms with Crippen molar-refractivity contribution in [1.29, 1.82) is 0 Å². The lowest BCUT2D eigenvalue weighted by Gasteiger charge is -2.10. The topological polar surface area (TPSA) is 111 Å². The maximum absolute atomic E-state index is 12.0. The lowest BCUT2D eigenvalue weighted by Crippen LogP contribution is -2.25. The summed E-state index contributed by atoms with van der Waals surface area (Å²) in [6.45, 7) is 1.16. The van der Waals surface area contributed by atoms with Gasteiger partial charge in [0.25, 0.3) is 5.91 Å². The molecule has 5 aromatic rings. The molecule has 2 N–H and O–H groups in total. The number of hydrogen-bond acceptors (Lipinski definition) is 6. The highest BCUT2D eigenvalue weighted by Gasteiger charge is 2.11. The van der Waals surface area contributed by atoms with Gasteiger partial charge in [0.2, 0.25) is 0 Å². The minimum absolute atomic E-state index is 0.254. The number of carbonyl (C=O) groups excluding carboxylic acids is 1. The molecule has 1 amide bonds. The Kier molecular flexibility index (Phi) is 7.40. The predicted octanol–water partition coefficient (Wildman–Crippen LogP) is 5.82. The standard InChI is InChI=1S/C30H25NO7/c32-29(28-2-1-15-37-28)31-14-13-23-19-38-27-12-11-25(18-26(23)27)36-17-16-35-24-9-7-21(8-10-24)20-3-5-22(6-4-20)30(33)34/h1-12,15,18-19H,13-14,16-17H2,(H,31,32)(H,33,34). The lowest BCUT2D eigenvalue weighted by molar-refractivity contribution is 0.0696. The maximum atomic E-state index is 12.0. The Morgan fingerprint density at radius 2 is 1.50 bits per heavy atom. The molecule has 0 radical (unpaired) electrons. The Morgan fingerprint density at radius 1 is 0.816 bits per heavy atom. The van der Waals surface area contributed by atoms with E-state index in [1.165, 1.54) is 6.26 Å². The van der Waals surface area contributed by atoms with Crippen LogP contribution in [0.2, 0.25) is 0 Å². The van der Waals surface area contributed by atoms with Gasteiger partial charge in [0.15, 0.2) is 5.76 Å². The zero-order valence-electron chi connectivity index (χ0n) is 20.4. The van der Waals surface area contributed by atoms with Crippen molar-refractivity contribution in [3.05, 3.63) is 108 Å². The molecule has 0 saturated carbocycles. The number of benzene rings is 3. The average molecular weight is 512 g/mol. The van der Waals surface area contributed by atoms with Crippen LogP contribution in [0.5, 0.6) is 11.5 Å². The molecule has 192 valence electrons. The van der Waals surface area contributed by atoms with Gasteiger partial charge < -0.3 is 28.7 Å². The van der Waals surface area contributed by atoms with Crippen molar-refractivity contribution in [3.63, 3.8) is 0 Å². The van der Waals surface area contributed by atoms with E-state index in [0.29, 0.717) is 37.7 Å². The van der Waals surface area contributed by atoms with E-state index in [4.69, 9.17) is 23.4 Å². The van der Waals surface area contributed by atoms with Crippen molar-refractivity contribution in [2.45, 2.75) is 6.42 Å². The minimum Gasteiger partial charge on any atom is -0.490 e. The maximum Gasteiger partial charge on any atom is 0.335 e. The molecule has 0 aliphatic heterocycles. The van der Waals surface area contributed by atoms with Gasteiger partial charge in [-0.2, -0.15) is 0 Å². The second-order valence-electron chi connectivity index (χ2n) is 8.51. The first-order valence-electron chi connectivity index (χ1n) is 12.1. The Morgan fingerprint density at radius 3 is 2.18 bits per heavy atom. The number of amides is 1. The number of nitrogens with one attached hydrogen (secondary N) is 1. The van der Waals surface area contributed by atoms with Crippen LogP contribution in [-0.4, -0.2) is 36.7 Å². The van der Waals surface area contributed by atoms with Gasteiger partial charge >= 0.3 is 5.97 Å². The van der Waals surface area contributed by atoms with Crippen molar-refractivity contribution in [2.24, 2.45) is 0 Å². The number of fused-ring (bicyclic) bond motifs is 1. The van der Waals surface area contributed by atoms with E-state index in [-0.39, 0.29) is 17.2 Å². The molecular weight excluding hydrogens is 486 g/mol. The van der Waals surface area contributed by atoms with Gasteiger partial charge in [-0.25, -0.2) is 4.79 Å². The Bertz CT molecular complexity index is 1520. The summed E-state index contributed by atoms with van der Waals surface area (Å²) in [5, 5.41) is 12.8. The van der Waals surface area contributed by atoms with Crippen LogP contribution in [0.4, 0.5) is 0 Å². The molecule has 0 fully saturated rings. The van der Waals surface area contributed by atoms with Crippen molar-refractivity contribution in [3.8, 4) is 22.6 Å². The molecule has 0 saturated heterocycles. The normalized spacial score (nSPS) is 10.8. The second kappa shape index (κ2) is 11.4. The highest BCUT2D eigenvalue weighted by atomic mass is 16.5. The third kappa shape index (κ3) is 5.87. The molecule has 38 heavy (non-hydrogen) atoms. The van der Waals surface area contributed by atoms with E-state index in [1.807, 2.05) is 42.5 Å². The van der Waals surface area contributed by atoms with Crippen LogP contribution in [0.3, 0.4) is 0 Å². The Labute approximate surface area is 218 Å². The van der Waals surface area contributed by atoms with Gasteiger partial charge in [0, 0.05) is 17.5 Å². The zero-order chi connectivity index (χ0) is 26.3. The molecule has 5 rings (SSSR count).